The molecule has 1 fully saturated rings. The van der Waals surface area contributed by atoms with Crippen molar-refractivity contribution in [3.63, 3.8) is 0 Å². The number of carbonyl (C=O) groups excluding carboxylic acids is 1. The molecular formula is C17H19ClN2OS. The van der Waals surface area contributed by atoms with E-state index in [2.05, 4.69) is 11.8 Å². The molecule has 0 saturated carbocycles. The maximum absolute atomic E-state index is 12.5. The number of thiophene rings is 1. The molecule has 3 rings (SSSR count). The Bertz CT molecular complexity index is 690. The minimum Gasteiger partial charge on any atom is -0.368 e. The molecule has 1 amide bonds. The van der Waals surface area contributed by atoms with Gasteiger partial charge in [0.25, 0.3) is 5.91 Å². The summed E-state index contributed by atoms with van der Waals surface area (Å²) in [6.45, 7) is 7.32. The van der Waals surface area contributed by atoms with Crippen LogP contribution >= 0.6 is 22.9 Å². The molecule has 1 aromatic heterocycles. The summed E-state index contributed by atoms with van der Waals surface area (Å²) in [7, 11) is 0. The molecule has 1 aliphatic heterocycles. The lowest BCUT2D eigenvalue weighted by atomic mass is 10.1. The molecule has 3 nitrogen and oxygen atoms in total. The predicted octanol–water partition coefficient (Wildman–Crippen LogP) is 3.98. The fraction of sp³-hybridized carbons (Fsp3) is 0.353. The predicted molar refractivity (Wildman–Crippen MR) is 93.4 cm³/mol. The topological polar surface area (TPSA) is 23.6 Å². The summed E-state index contributed by atoms with van der Waals surface area (Å²) in [6.07, 6.45) is 0. The average Bonchev–Trinajstić information content (AvgIpc) is 2.96. The first-order valence-corrected chi connectivity index (χ1v) is 8.61. The van der Waals surface area contributed by atoms with Gasteiger partial charge >= 0.3 is 0 Å². The van der Waals surface area contributed by atoms with Gasteiger partial charge in [0.1, 0.15) is 0 Å². The van der Waals surface area contributed by atoms with Crippen LogP contribution in [-0.2, 0) is 0 Å². The van der Waals surface area contributed by atoms with Crippen molar-refractivity contribution >= 4 is 34.5 Å². The van der Waals surface area contributed by atoms with Gasteiger partial charge in [-0.3, -0.25) is 4.79 Å². The highest BCUT2D eigenvalue weighted by molar-refractivity contribution is 7.13. The number of rotatable bonds is 2. The number of aryl methyl sites for hydroxylation is 2. The Morgan fingerprint density at radius 1 is 1.09 bits per heavy atom. The van der Waals surface area contributed by atoms with Gasteiger partial charge in [0, 0.05) is 41.8 Å². The third kappa shape index (κ3) is 3.13. The van der Waals surface area contributed by atoms with Gasteiger partial charge < -0.3 is 9.80 Å². The molecule has 2 heterocycles. The Morgan fingerprint density at radius 3 is 2.45 bits per heavy atom. The van der Waals surface area contributed by atoms with Gasteiger partial charge in [0.05, 0.1) is 4.88 Å². The van der Waals surface area contributed by atoms with Crippen LogP contribution in [0, 0.1) is 13.8 Å². The summed E-state index contributed by atoms with van der Waals surface area (Å²) in [5, 5.41) is 0.758. The Morgan fingerprint density at radius 2 is 1.82 bits per heavy atom. The second-order valence-electron chi connectivity index (χ2n) is 5.62. The summed E-state index contributed by atoms with van der Waals surface area (Å²) < 4.78 is 0. The lowest BCUT2D eigenvalue weighted by Gasteiger charge is -2.36. The van der Waals surface area contributed by atoms with E-state index in [4.69, 9.17) is 11.6 Å². The summed E-state index contributed by atoms with van der Waals surface area (Å²) in [4.78, 5) is 18.7. The van der Waals surface area contributed by atoms with Crippen LogP contribution in [0.4, 0.5) is 5.69 Å². The summed E-state index contributed by atoms with van der Waals surface area (Å²) in [6, 6.07) is 9.90. The molecule has 0 aliphatic carbocycles. The summed E-state index contributed by atoms with van der Waals surface area (Å²) >= 11 is 7.68. The smallest absolute Gasteiger partial charge is 0.264 e. The summed E-state index contributed by atoms with van der Waals surface area (Å²) in [5.41, 5.74) is 2.39. The van der Waals surface area contributed by atoms with Gasteiger partial charge in [-0.1, -0.05) is 17.7 Å². The number of nitrogens with zero attached hydrogens (tertiary/aromatic N) is 2. The lowest BCUT2D eigenvalue weighted by molar-refractivity contribution is 0.0751. The van der Waals surface area contributed by atoms with E-state index in [-0.39, 0.29) is 5.91 Å². The fourth-order valence-corrected chi connectivity index (χ4v) is 3.78. The molecule has 22 heavy (non-hydrogen) atoms. The number of amides is 1. The van der Waals surface area contributed by atoms with Gasteiger partial charge in [-0.2, -0.15) is 0 Å². The molecule has 1 aromatic carbocycles. The van der Waals surface area contributed by atoms with Crippen molar-refractivity contribution in [2.24, 2.45) is 0 Å². The van der Waals surface area contributed by atoms with Crippen molar-refractivity contribution in [3.8, 4) is 0 Å². The van der Waals surface area contributed by atoms with E-state index in [0.29, 0.717) is 0 Å². The van der Waals surface area contributed by atoms with E-state index < -0.39 is 0 Å². The van der Waals surface area contributed by atoms with Crippen LogP contribution in [-0.4, -0.2) is 37.0 Å². The zero-order valence-electron chi connectivity index (χ0n) is 12.8. The Hall–Kier alpha value is -1.52. The van der Waals surface area contributed by atoms with Crippen molar-refractivity contribution in [2.45, 2.75) is 13.8 Å². The normalized spacial score (nSPS) is 15.2. The molecule has 0 spiro atoms. The van der Waals surface area contributed by atoms with Crippen LogP contribution in [0.3, 0.4) is 0 Å². The summed E-state index contributed by atoms with van der Waals surface area (Å²) in [5.74, 6) is 0.153. The van der Waals surface area contributed by atoms with Gasteiger partial charge in [0.15, 0.2) is 0 Å². The average molecular weight is 335 g/mol. The van der Waals surface area contributed by atoms with Crippen LogP contribution < -0.4 is 4.90 Å². The molecule has 1 saturated heterocycles. The number of benzene rings is 1. The monoisotopic (exact) mass is 334 g/mol. The minimum absolute atomic E-state index is 0.153. The molecule has 2 aromatic rings. The van der Waals surface area contributed by atoms with Crippen molar-refractivity contribution in [2.75, 3.05) is 31.1 Å². The van der Waals surface area contributed by atoms with Crippen LogP contribution in [0.2, 0.25) is 5.02 Å². The second kappa shape index (κ2) is 6.31. The molecule has 5 heteroatoms. The maximum atomic E-state index is 12.5. The molecule has 0 N–H and O–H groups in total. The Kier molecular flexibility index (Phi) is 4.41. The van der Waals surface area contributed by atoms with E-state index in [9.17, 15) is 4.79 Å². The third-order valence-electron chi connectivity index (χ3n) is 4.03. The molecule has 0 radical (unpaired) electrons. The van der Waals surface area contributed by atoms with Crippen LogP contribution in [0.15, 0.2) is 30.3 Å². The SMILES string of the molecule is Cc1ccc(C(=O)N2CCN(c3cc(Cl)ccc3C)CC2)s1. The highest BCUT2D eigenvalue weighted by Crippen LogP contribution is 2.26. The molecule has 0 bridgehead atoms. The van der Waals surface area contributed by atoms with E-state index in [0.717, 1.165) is 36.1 Å². The van der Waals surface area contributed by atoms with Crippen molar-refractivity contribution in [3.05, 3.63) is 50.7 Å². The van der Waals surface area contributed by atoms with Gasteiger partial charge in [-0.05, 0) is 43.7 Å². The zero-order chi connectivity index (χ0) is 15.7. The van der Waals surface area contributed by atoms with Crippen molar-refractivity contribution in [1.29, 1.82) is 0 Å². The highest BCUT2D eigenvalue weighted by atomic mass is 35.5. The number of piperazine rings is 1. The minimum atomic E-state index is 0.153. The first-order valence-electron chi connectivity index (χ1n) is 7.41. The number of anilines is 1. The van der Waals surface area contributed by atoms with E-state index in [1.807, 2.05) is 42.2 Å². The maximum Gasteiger partial charge on any atom is 0.264 e. The number of hydrogen-bond acceptors (Lipinski definition) is 3. The third-order valence-corrected chi connectivity index (χ3v) is 5.25. The van der Waals surface area contributed by atoms with E-state index in [1.165, 1.54) is 16.1 Å². The Balaban J connectivity index is 1.67. The van der Waals surface area contributed by atoms with Gasteiger partial charge in [0.2, 0.25) is 0 Å². The fourth-order valence-electron chi connectivity index (χ4n) is 2.78. The van der Waals surface area contributed by atoms with Crippen molar-refractivity contribution < 1.29 is 4.79 Å². The zero-order valence-corrected chi connectivity index (χ0v) is 14.4. The van der Waals surface area contributed by atoms with E-state index in [1.54, 1.807) is 11.3 Å². The highest BCUT2D eigenvalue weighted by Gasteiger charge is 2.23. The number of carbonyl (C=O) groups is 1. The standard InChI is InChI=1S/C17H19ClN2OS/c1-12-3-5-14(18)11-15(12)19-7-9-20(10-8-19)17(21)16-6-4-13(2)22-16/h3-6,11H,7-10H2,1-2H3. The van der Waals surface area contributed by atoms with E-state index >= 15 is 0 Å². The number of halogens is 1. The first kappa shape index (κ1) is 15.4. The quantitative estimate of drug-likeness (QED) is 0.829. The van der Waals surface area contributed by atoms with Gasteiger partial charge in [-0.15, -0.1) is 11.3 Å². The van der Waals surface area contributed by atoms with Crippen LogP contribution in [0.25, 0.3) is 0 Å². The van der Waals surface area contributed by atoms with Crippen molar-refractivity contribution in [1.82, 2.24) is 4.90 Å². The Labute approximate surface area is 140 Å². The molecule has 116 valence electrons. The lowest BCUT2D eigenvalue weighted by Crippen LogP contribution is -2.48. The van der Waals surface area contributed by atoms with Gasteiger partial charge in [-0.25, -0.2) is 0 Å². The first-order chi connectivity index (χ1) is 10.5. The molecule has 1 aliphatic rings. The van der Waals surface area contributed by atoms with Crippen LogP contribution in [0.1, 0.15) is 20.1 Å². The largest absolute Gasteiger partial charge is 0.368 e. The van der Waals surface area contributed by atoms with Crippen LogP contribution in [0.5, 0.6) is 0 Å². The molecule has 0 atom stereocenters. The molecular weight excluding hydrogens is 316 g/mol. The molecule has 0 unspecified atom stereocenters. The number of hydrogen-bond donors (Lipinski definition) is 0. The second-order valence-corrected chi connectivity index (χ2v) is 7.34.